The summed E-state index contributed by atoms with van der Waals surface area (Å²) in [7, 11) is 1.91. The predicted octanol–water partition coefficient (Wildman–Crippen LogP) is 4.75. The molecule has 4 aromatic heterocycles. The van der Waals surface area contributed by atoms with Crippen LogP contribution in [0.2, 0.25) is 0 Å². The third kappa shape index (κ3) is 5.20. The Morgan fingerprint density at radius 2 is 2.03 bits per heavy atom. The lowest BCUT2D eigenvalue weighted by atomic mass is 9.92. The molecule has 10 heteroatoms. The molecule has 0 bridgehead atoms. The third-order valence-corrected chi connectivity index (χ3v) is 5.78. The van der Waals surface area contributed by atoms with Crippen molar-refractivity contribution in [3.05, 3.63) is 47.5 Å². The first kappa shape index (κ1) is 24.9. The molecule has 0 aliphatic heterocycles. The van der Waals surface area contributed by atoms with Gasteiger partial charge in [0, 0.05) is 48.5 Å². The van der Waals surface area contributed by atoms with Crippen molar-refractivity contribution in [3.63, 3.8) is 0 Å². The van der Waals surface area contributed by atoms with Crippen molar-refractivity contribution in [1.29, 1.82) is 5.26 Å². The van der Waals surface area contributed by atoms with Gasteiger partial charge in [0.2, 0.25) is 5.95 Å². The highest BCUT2D eigenvalue weighted by molar-refractivity contribution is 5.81. The number of imidazole rings is 1. The Hall–Kier alpha value is -4.26. The highest BCUT2D eigenvalue weighted by Gasteiger charge is 2.22. The maximum Gasteiger partial charge on any atom is 0.210 e. The lowest BCUT2D eigenvalue weighted by molar-refractivity contribution is -0.116. The van der Waals surface area contributed by atoms with Gasteiger partial charge in [-0.15, -0.1) is 0 Å². The van der Waals surface area contributed by atoms with E-state index in [1.165, 1.54) is 6.92 Å². The second-order valence-electron chi connectivity index (χ2n) is 9.80. The van der Waals surface area contributed by atoms with Crippen LogP contribution in [-0.4, -0.2) is 35.1 Å². The van der Waals surface area contributed by atoms with Crippen LogP contribution in [0, 0.1) is 18.3 Å². The summed E-state index contributed by atoms with van der Waals surface area (Å²) in [4.78, 5) is 24.8. The van der Waals surface area contributed by atoms with E-state index in [4.69, 9.17) is 10.00 Å². The van der Waals surface area contributed by atoms with Crippen molar-refractivity contribution in [3.8, 4) is 17.6 Å². The Morgan fingerprint density at radius 1 is 1.25 bits per heavy atom. The van der Waals surface area contributed by atoms with Gasteiger partial charge in [0.15, 0.2) is 17.2 Å². The molecule has 186 valence electrons. The number of aromatic nitrogens is 6. The molecule has 0 saturated carbocycles. The van der Waals surface area contributed by atoms with Gasteiger partial charge in [-0.1, -0.05) is 20.8 Å². The molecule has 0 fully saturated rings. The maximum absolute atomic E-state index is 11.4. The molecule has 4 heterocycles. The number of aryl methyl sites for hydroxylation is 3. The van der Waals surface area contributed by atoms with Gasteiger partial charge in [0.1, 0.15) is 11.5 Å². The molecule has 1 N–H and O–H groups in total. The Morgan fingerprint density at radius 3 is 2.72 bits per heavy atom. The number of hydrogen-bond donors (Lipinski definition) is 1. The van der Waals surface area contributed by atoms with Crippen LogP contribution in [0.3, 0.4) is 0 Å². The van der Waals surface area contributed by atoms with E-state index in [1.807, 2.05) is 29.3 Å². The summed E-state index contributed by atoms with van der Waals surface area (Å²) < 4.78 is 9.89. The number of ketones is 1. The topological polar surface area (TPSA) is 124 Å². The van der Waals surface area contributed by atoms with E-state index in [2.05, 4.69) is 52.2 Å². The lowest BCUT2D eigenvalue weighted by Gasteiger charge is -2.19. The van der Waals surface area contributed by atoms with Gasteiger partial charge in [0.25, 0.3) is 0 Å². The molecule has 10 nitrogen and oxygen atoms in total. The molecule has 4 rings (SSSR count). The number of nitriles is 1. The van der Waals surface area contributed by atoms with E-state index >= 15 is 0 Å². The number of rotatable bonds is 8. The van der Waals surface area contributed by atoms with Crippen molar-refractivity contribution in [2.45, 2.75) is 59.4 Å². The monoisotopic (exact) mass is 486 g/mol. The number of nitrogens with one attached hydrogen (secondary N) is 1. The summed E-state index contributed by atoms with van der Waals surface area (Å²) in [6.45, 7) is 10.4. The molecule has 36 heavy (non-hydrogen) atoms. The minimum Gasteiger partial charge on any atom is -0.455 e. The summed E-state index contributed by atoms with van der Waals surface area (Å²) >= 11 is 0. The van der Waals surface area contributed by atoms with Crippen LogP contribution in [0.25, 0.3) is 11.2 Å². The van der Waals surface area contributed by atoms with Crippen LogP contribution in [0.1, 0.15) is 51.1 Å². The van der Waals surface area contributed by atoms with E-state index in [-0.39, 0.29) is 17.6 Å². The molecule has 0 amide bonds. The van der Waals surface area contributed by atoms with Crippen LogP contribution >= 0.6 is 0 Å². The highest BCUT2D eigenvalue weighted by atomic mass is 16.5. The molecule has 4 aromatic rings. The zero-order valence-electron chi connectivity index (χ0n) is 21.5. The largest absolute Gasteiger partial charge is 0.455 e. The van der Waals surface area contributed by atoms with Gasteiger partial charge in [-0.3, -0.25) is 14.5 Å². The van der Waals surface area contributed by atoms with Crippen molar-refractivity contribution in [2.75, 3.05) is 5.32 Å². The van der Waals surface area contributed by atoms with Crippen molar-refractivity contribution >= 4 is 28.7 Å². The lowest BCUT2D eigenvalue weighted by Crippen LogP contribution is -2.18. The molecule has 0 aliphatic rings. The molecule has 0 spiro atoms. The Labute approximate surface area is 210 Å². The molecule has 0 unspecified atom stereocenters. The van der Waals surface area contributed by atoms with Gasteiger partial charge in [0.05, 0.1) is 36.4 Å². The van der Waals surface area contributed by atoms with Gasteiger partial charge in [-0.05, 0) is 19.9 Å². The minimum atomic E-state index is -0.129. The number of fused-ring (bicyclic) bond motifs is 1. The smallest absolute Gasteiger partial charge is 0.210 e. The number of ether oxygens (including phenoxy) is 1. The van der Waals surface area contributed by atoms with Crippen LogP contribution in [0.4, 0.5) is 11.8 Å². The van der Waals surface area contributed by atoms with E-state index < -0.39 is 0 Å². The van der Waals surface area contributed by atoms with Crippen molar-refractivity contribution < 1.29 is 9.53 Å². The summed E-state index contributed by atoms with van der Waals surface area (Å²) in [5.41, 5.74) is 3.84. The first-order chi connectivity index (χ1) is 17.1. The zero-order valence-corrected chi connectivity index (χ0v) is 21.5. The number of hydrogen-bond acceptors (Lipinski definition) is 8. The van der Waals surface area contributed by atoms with Gasteiger partial charge >= 0.3 is 0 Å². The van der Waals surface area contributed by atoms with E-state index in [0.717, 1.165) is 16.8 Å². The van der Waals surface area contributed by atoms with Crippen LogP contribution in [-0.2, 0) is 30.2 Å². The van der Waals surface area contributed by atoms with Crippen molar-refractivity contribution in [1.82, 2.24) is 29.3 Å². The highest BCUT2D eigenvalue weighted by Crippen LogP contribution is 2.32. The standard InChI is InChI=1S/C26H30N8O2/c1-16(35)12-18-13-19(8-10-28-18)36-20-15-29-24-23(17(20)2)33(6)25(31-24)30-22-14-21(26(3,4)5)34(32-22)11-7-9-27/h8,10,13-15H,7,11-12H2,1-6H3,(H,29,30,31,32). The Balaban J connectivity index is 1.64. The predicted molar refractivity (Wildman–Crippen MR) is 136 cm³/mol. The Kier molecular flexibility index (Phi) is 6.75. The van der Waals surface area contributed by atoms with Crippen molar-refractivity contribution in [2.24, 2.45) is 7.05 Å². The zero-order chi connectivity index (χ0) is 26.0. The molecule has 0 aliphatic carbocycles. The second kappa shape index (κ2) is 9.77. The molecule has 0 saturated heterocycles. The average molecular weight is 487 g/mol. The van der Waals surface area contributed by atoms with Gasteiger partial charge < -0.3 is 14.6 Å². The van der Waals surface area contributed by atoms with Gasteiger partial charge in [-0.2, -0.15) is 15.3 Å². The van der Waals surface area contributed by atoms with Gasteiger partial charge in [-0.25, -0.2) is 4.98 Å². The quantitative estimate of drug-likeness (QED) is 0.378. The van der Waals surface area contributed by atoms with E-state index in [9.17, 15) is 4.79 Å². The van der Waals surface area contributed by atoms with Crippen LogP contribution in [0.5, 0.6) is 11.5 Å². The van der Waals surface area contributed by atoms with E-state index in [1.54, 1.807) is 24.5 Å². The van der Waals surface area contributed by atoms with Crippen LogP contribution in [0.15, 0.2) is 30.6 Å². The van der Waals surface area contributed by atoms with E-state index in [0.29, 0.717) is 47.6 Å². The first-order valence-electron chi connectivity index (χ1n) is 11.7. The fourth-order valence-corrected chi connectivity index (χ4v) is 4.06. The average Bonchev–Trinajstić information content (AvgIpc) is 3.35. The molecule has 0 aromatic carbocycles. The molecular formula is C26H30N8O2. The normalized spacial score (nSPS) is 11.5. The number of carbonyl (C=O) groups excluding carboxylic acids is 1. The Bertz CT molecular complexity index is 1470. The second-order valence-corrected chi connectivity index (χ2v) is 9.80. The number of carbonyl (C=O) groups is 1. The number of anilines is 2. The summed E-state index contributed by atoms with van der Waals surface area (Å²) in [5, 5.41) is 17.0. The summed E-state index contributed by atoms with van der Waals surface area (Å²) in [6.07, 6.45) is 3.92. The fraction of sp³-hybridized carbons (Fsp3) is 0.385. The fourth-order valence-electron chi connectivity index (χ4n) is 4.06. The molecular weight excluding hydrogens is 456 g/mol. The number of Topliss-reactive ketones (excluding diaryl/α,β-unsaturated/α-hetero) is 1. The summed E-state index contributed by atoms with van der Waals surface area (Å²) in [5.74, 6) is 2.46. The maximum atomic E-state index is 11.4. The molecule has 0 radical (unpaired) electrons. The third-order valence-electron chi connectivity index (χ3n) is 5.78. The number of nitrogens with zero attached hydrogens (tertiary/aromatic N) is 7. The molecule has 0 atom stereocenters. The number of pyridine rings is 2. The van der Waals surface area contributed by atoms with Crippen LogP contribution < -0.4 is 10.1 Å². The SMILES string of the molecule is CC(=O)Cc1cc(Oc2cnc3nc(Nc4cc(C(C)(C)C)n(CCC#N)n4)n(C)c3c2C)ccn1. The minimum absolute atomic E-state index is 0.0401. The first-order valence-corrected chi connectivity index (χ1v) is 11.7. The summed E-state index contributed by atoms with van der Waals surface area (Å²) in [6, 6.07) is 7.69.